The highest BCUT2D eigenvalue weighted by Gasteiger charge is 2.13. The third kappa shape index (κ3) is 5.81. The highest BCUT2D eigenvalue weighted by Crippen LogP contribution is 2.12. The quantitative estimate of drug-likeness (QED) is 0.562. The number of benzene rings is 2. The van der Waals surface area contributed by atoms with Gasteiger partial charge in [0.2, 0.25) is 0 Å². The van der Waals surface area contributed by atoms with E-state index in [-0.39, 0.29) is 31.5 Å². The lowest BCUT2D eigenvalue weighted by Gasteiger charge is -2.14. The Labute approximate surface area is 168 Å². The third-order valence-corrected chi connectivity index (χ3v) is 4.59. The molecule has 3 rings (SSSR count). The average molecular weight is 396 g/mol. The first kappa shape index (κ1) is 20.4. The van der Waals surface area contributed by atoms with E-state index in [1.54, 1.807) is 24.3 Å². The molecule has 29 heavy (non-hydrogen) atoms. The number of esters is 1. The minimum Gasteiger partial charge on any atom is -0.456 e. The van der Waals surface area contributed by atoms with E-state index in [9.17, 15) is 14.4 Å². The van der Waals surface area contributed by atoms with E-state index in [0.717, 1.165) is 12.8 Å². The number of para-hydroxylation sites is 2. The summed E-state index contributed by atoms with van der Waals surface area (Å²) in [6, 6.07) is 17.0. The van der Waals surface area contributed by atoms with Gasteiger partial charge in [0.15, 0.2) is 12.2 Å². The van der Waals surface area contributed by atoms with Gasteiger partial charge in [-0.25, -0.2) is 4.79 Å². The van der Waals surface area contributed by atoms with Gasteiger partial charge < -0.3 is 14.5 Å². The monoisotopic (exact) mass is 396 g/mol. The van der Waals surface area contributed by atoms with Crippen molar-refractivity contribution >= 4 is 23.0 Å². The van der Waals surface area contributed by atoms with E-state index >= 15 is 0 Å². The normalized spacial score (nSPS) is 11.9. The Bertz CT molecular complexity index is 1020. The Kier molecular flexibility index (Phi) is 6.84. The number of fused-ring (bicyclic) bond motifs is 1. The van der Waals surface area contributed by atoms with Gasteiger partial charge in [-0.3, -0.25) is 14.2 Å². The molecule has 0 fully saturated rings. The lowest BCUT2D eigenvalue weighted by Crippen LogP contribution is -2.36. The summed E-state index contributed by atoms with van der Waals surface area (Å²) in [6.45, 7) is 1.71. The molecule has 0 bridgehead atoms. The van der Waals surface area contributed by atoms with Crippen molar-refractivity contribution in [3.8, 4) is 0 Å². The Morgan fingerprint density at radius 1 is 1.10 bits per heavy atom. The number of oxazole rings is 1. The molecule has 1 amide bonds. The Hall–Kier alpha value is -3.35. The molecule has 7 nitrogen and oxygen atoms in total. The number of nitrogens with one attached hydrogen (secondary N) is 1. The first-order valence-electron chi connectivity index (χ1n) is 9.60. The zero-order valence-corrected chi connectivity index (χ0v) is 16.3. The van der Waals surface area contributed by atoms with Crippen LogP contribution in [0, 0.1) is 0 Å². The second kappa shape index (κ2) is 9.73. The predicted octanol–water partition coefficient (Wildman–Crippen LogP) is 2.67. The van der Waals surface area contributed by atoms with Gasteiger partial charge in [-0.2, -0.15) is 0 Å². The van der Waals surface area contributed by atoms with Crippen LogP contribution in [0.25, 0.3) is 11.1 Å². The van der Waals surface area contributed by atoms with Crippen molar-refractivity contribution in [2.45, 2.75) is 38.8 Å². The zero-order chi connectivity index (χ0) is 20.6. The number of hydrogen-bond acceptors (Lipinski definition) is 5. The lowest BCUT2D eigenvalue weighted by molar-refractivity contribution is -0.148. The summed E-state index contributed by atoms with van der Waals surface area (Å²) in [5.41, 5.74) is 2.30. The number of rotatable bonds is 9. The standard InChI is InChI=1S/C22H24N2O5/c1-16(11-12-17-7-3-2-4-8-17)23-20(25)15-28-21(26)13-14-24-18-9-5-6-10-19(18)29-22(24)27/h2-10,16H,11-15H2,1H3,(H,23,25)/t16-/m0/s1. The Morgan fingerprint density at radius 2 is 1.83 bits per heavy atom. The van der Waals surface area contributed by atoms with Crippen molar-refractivity contribution in [3.63, 3.8) is 0 Å². The van der Waals surface area contributed by atoms with E-state index in [1.165, 1.54) is 10.1 Å². The summed E-state index contributed by atoms with van der Waals surface area (Å²) in [5, 5.41) is 2.82. The van der Waals surface area contributed by atoms with Crippen molar-refractivity contribution in [2.24, 2.45) is 0 Å². The summed E-state index contributed by atoms with van der Waals surface area (Å²) < 4.78 is 11.5. The lowest BCUT2D eigenvalue weighted by atomic mass is 10.1. The predicted molar refractivity (Wildman–Crippen MR) is 108 cm³/mol. The minimum atomic E-state index is -0.547. The molecule has 1 heterocycles. The molecule has 0 saturated carbocycles. The average Bonchev–Trinajstić information content (AvgIpc) is 3.05. The molecular formula is C22H24N2O5. The Balaban J connectivity index is 1.39. The van der Waals surface area contributed by atoms with E-state index in [1.807, 2.05) is 37.3 Å². The molecule has 0 aliphatic heterocycles. The summed E-state index contributed by atoms with van der Waals surface area (Å²) in [4.78, 5) is 35.8. The fraction of sp³-hybridized carbons (Fsp3) is 0.318. The maximum atomic E-state index is 12.0. The van der Waals surface area contributed by atoms with E-state index in [4.69, 9.17) is 9.15 Å². The van der Waals surface area contributed by atoms with Crippen molar-refractivity contribution in [2.75, 3.05) is 6.61 Å². The molecule has 1 N–H and O–H groups in total. The minimum absolute atomic E-state index is 0.0275. The van der Waals surface area contributed by atoms with Crippen LogP contribution in [-0.4, -0.2) is 29.1 Å². The summed E-state index contributed by atoms with van der Waals surface area (Å²) in [7, 11) is 0. The fourth-order valence-electron chi connectivity index (χ4n) is 3.06. The first-order valence-corrected chi connectivity index (χ1v) is 9.60. The van der Waals surface area contributed by atoms with Gasteiger partial charge in [-0.05, 0) is 37.5 Å². The summed E-state index contributed by atoms with van der Waals surface area (Å²) in [5.74, 6) is -1.41. The van der Waals surface area contributed by atoms with Gasteiger partial charge in [0.1, 0.15) is 0 Å². The molecule has 2 aromatic carbocycles. The molecule has 0 aliphatic carbocycles. The summed E-state index contributed by atoms with van der Waals surface area (Å²) in [6.07, 6.45) is 1.62. The largest absolute Gasteiger partial charge is 0.456 e. The molecular weight excluding hydrogens is 372 g/mol. The third-order valence-electron chi connectivity index (χ3n) is 4.59. The van der Waals surface area contributed by atoms with E-state index in [2.05, 4.69) is 5.32 Å². The van der Waals surface area contributed by atoms with E-state index in [0.29, 0.717) is 11.1 Å². The van der Waals surface area contributed by atoms with Gasteiger partial charge in [0.25, 0.3) is 5.91 Å². The first-order chi connectivity index (χ1) is 14.0. The zero-order valence-electron chi connectivity index (χ0n) is 16.3. The molecule has 3 aromatic rings. The second-order valence-corrected chi connectivity index (χ2v) is 6.89. The molecule has 7 heteroatoms. The van der Waals surface area contributed by atoms with Crippen molar-refractivity contribution < 1.29 is 18.7 Å². The molecule has 0 aliphatic rings. The van der Waals surface area contributed by atoms with Crippen LogP contribution in [-0.2, 0) is 27.3 Å². The molecule has 0 unspecified atom stereocenters. The van der Waals surface area contributed by atoms with Crippen molar-refractivity contribution in [1.82, 2.24) is 9.88 Å². The maximum Gasteiger partial charge on any atom is 0.419 e. The van der Waals surface area contributed by atoms with Crippen LogP contribution in [0.1, 0.15) is 25.3 Å². The topological polar surface area (TPSA) is 90.5 Å². The van der Waals surface area contributed by atoms with Gasteiger partial charge in [-0.15, -0.1) is 0 Å². The smallest absolute Gasteiger partial charge is 0.419 e. The van der Waals surface area contributed by atoms with Crippen LogP contribution in [0.15, 0.2) is 63.8 Å². The van der Waals surface area contributed by atoms with Crippen LogP contribution in [0.3, 0.4) is 0 Å². The SMILES string of the molecule is C[C@@H](CCc1ccccc1)NC(=O)COC(=O)CCn1c(=O)oc2ccccc21. The van der Waals surface area contributed by atoms with Crippen LogP contribution in [0.4, 0.5) is 0 Å². The van der Waals surface area contributed by atoms with Crippen LogP contribution in [0.5, 0.6) is 0 Å². The van der Waals surface area contributed by atoms with Crippen molar-refractivity contribution in [1.29, 1.82) is 0 Å². The molecule has 0 spiro atoms. The highest BCUT2D eigenvalue weighted by atomic mass is 16.5. The number of amides is 1. The number of aromatic nitrogens is 1. The highest BCUT2D eigenvalue weighted by molar-refractivity contribution is 5.80. The number of carbonyl (C=O) groups excluding carboxylic acids is 2. The van der Waals surface area contributed by atoms with Crippen LogP contribution < -0.4 is 11.1 Å². The second-order valence-electron chi connectivity index (χ2n) is 6.89. The maximum absolute atomic E-state index is 12.0. The van der Waals surface area contributed by atoms with Crippen LogP contribution in [0.2, 0.25) is 0 Å². The molecule has 0 radical (unpaired) electrons. The van der Waals surface area contributed by atoms with E-state index < -0.39 is 11.7 Å². The number of aryl methyl sites for hydroxylation is 2. The van der Waals surface area contributed by atoms with Crippen LogP contribution >= 0.6 is 0 Å². The number of ether oxygens (including phenoxy) is 1. The van der Waals surface area contributed by atoms with Gasteiger partial charge in [-0.1, -0.05) is 42.5 Å². The van der Waals surface area contributed by atoms with Gasteiger partial charge >= 0.3 is 11.7 Å². The Morgan fingerprint density at radius 3 is 2.62 bits per heavy atom. The number of carbonyl (C=O) groups is 2. The van der Waals surface area contributed by atoms with Gasteiger partial charge in [0.05, 0.1) is 11.9 Å². The van der Waals surface area contributed by atoms with Gasteiger partial charge in [0, 0.05) is 12.6 Å². The molecule has 152 valence electrons. The molecule has 1 aromatic heterocycles. The number of hydrogen-bond donors (Lipinski definition) is 1. The fourth-order valence-corrected chi connectivity index (χ4v) is 3.06. The van der Waals surface area contributed by atoms with Crippen molar-refractivity contribution in [3.05, 3.63) is 70.7 Å². The molecule has 0 saturated heterocycles. The number of nitrogens with zero attached hydrogens (tertiary/aromatic N) is 1. The summed E-state index contributed by atoms with van der Waals surface area (Å²) >= 11 is 0. The molecule has 1 atom stereocenters.